The van der Waals surface area contributed by atoms with Crippen LogP contribution < -0.4 is 0 Å². The first-order valence-electron chi connectivity index (χ1n) is 29.3. The van der Waals surface area contributed by atoms with Crippen LogP contribution in [-0.4, -0.2) is 126 Å². The zero-order valence-electron chi connectivity index (χ0n) is 49.5. The highest BCUT2D eigenvalue weighted by molar-refractivity contribution is 14.1. The van der Waals surface area contributed by atoms with E-state index in [4.69, 9.17) is 32.5 Å². The molecule has 0 saturated carbocycles. The Morgan fingerprint density at radius 3 is 2.05 bits per heavy atom. The van der Waals surface area contributed by atoms with Crippen LogP contribution >= 0.6 is 22.6 Å². The second-order valence-electron chi connectivity index (χ2n) is 27.1. The predicted molar refractivity (Wildman–Crippen MR) is 321 cm³/mol. The van der Waals surface area contributed by atoms with Crippen molar-refractivity contribution in [2.75, 3.05) is 6.61 Å². The number of aliphatic hydroxyl groups excluding tert-OH is 2. The Hall–Kier alpha value is -0.806. The van der Waals surface area contributed by atoms with E-state index in [-0.39, 0.29) is 88.5 Å². The number of benzene rings is 1. The summed E-state index contributed by atoms with van der Waals surface area (Å²) in [4.78, 5) is 0.191. The molecule has 434 valence electrons. The summed E-state index contributed by atoms with van der Waals surface area (Å²) in [6.45, 7) is 42.8. The fourth-order valence-corrected chi connectivity index (χ4v) is 17.7. The van der Waals surface area contributed by atoms with E-state index >= 15 is 8.42 Å². The summed E-state index contributed by atoms with van der Waals surface area (Å²) in [7, 11) is -9.01. The van der Waals surface area contributed by atoms with E-state index in [0.29, 0.717) is 31.6 Å². The van der Waals surface area contributed by atoms with Gasteiger partial charge in [-0.05, 0) is 139 Å². The van der Waals surface area contributed by atoms with Gasteiger partial charge in [-0.25, -0.2) is 8.42 Å². The molecular weight excluding hydrogens is 1120 g/mol. The molecule has 5 heterocycles. The highest BCUT2D eigenvalue weighted by atomic mass is 127. The molecule has 5 saturated heterocycles. The number of rotatable bonds is 23. The molecule has 0 radical (unpaired) electrons. The minimum Gasteiger partial charge on any atom is -0.409 e. The summed E-state index contributed by atoms with van der Waals surface area (Å²) >= 11 is 2.29. The van der Waals surface area contributed by atoms with E-state index in [1.807, 2.05) is 6.07 Å². The molecule has 76 heavy (non-hydrogen) atoms. The number of hydrogen-bond donors (Lipinski definition) is 2. The molecule has 6 rings (SSSR count). The van der Waals surface area contributed by atoms with Gasteiger partial charge in [0.15, 0.2) is 26.5 Å². The minimum absolute atomic E-state index is 0.0396. The molecule has 19 atom stereocenters. The van der Waals surface area contributed by atoms with E-state index in [2.05, 4.69) is 148 Å². The van der Waals surface area contributed by atoms with E-state index in [9.17, 15) is 10.2 Å². The molecule has 0 aromatic heterocycles. The summed E-state index contributed by atoms with van der Waals surface area (Å²) in [6.07, 6.45) is 5.76. The van der Waals surface area contributed by atoms with E-state index in [1.165, 1.54) is 0 Å². The summed E-state index contributed by atoms with van der Waals surface area (Å²) < 4.78 is 83.4. The number of hydrogen-bond acceptors (Lipinski definition) is 11. The quantitative estimate of drug-likeness (QED) is 0.0615. The van der Waals surface area contributed by atoms with E-state index in [1.54, 1.807) is 24.3 Å². The standard InChI is InChI=1S/C61H103IO11SSi2/c1-18-38(2)33-51-43(7)54(53(70-51)37-52-42(6)40(4)34-45(68-52)26-28-49-41(5)35-44(67-49)23-22-32-63)59(74(65,66)47-24-20-19-21-25-47)48(64)36-46-27-29-50-56(69-46)58(73-76(16,17)61(11,12)13)57(55(71-50)39(3)30-31-62)72-75(14,15)60(8,9)10/h19-21,24-25,30-31,38-40,43-46,48-59,63-64H,5-6,18,22-23,26-29,32-37H2,1-4,7-17H3/b31-30+/t38-,39+,40-,43+,44+,45+,46-,48?,49?,50+,51-,52?,53+,54?,55+,56+,57-,58+,59+/m1/s1. The lowest BCUT2D eigenvalue weighted by atomic mass is 9.77. The molecule has 15 heteroatoms. The maximum Gasteiger partial charge on any atom is 0.192 e. The molecule has 1 aromatic rings. The molecule has 0 aliphatic carbocycles. The van der Waals surface area contributed by atoms with Crippen LogP contribution in [0.4, 0.5) is 0 Å². The molecule has 11 nitrogen and oxygen atoms in total. The van der Waals surface area contributed by atoms with Gasteiger partial charge in [-0.3, -0.25) is 0 Å². The number of sulfone groups is 1. The maximum atomic E-state index is 15.6. The zero-order chi connectivity index (χ0) is 56.3. The van der Waals surface area contributed by atoms with Crippen LogP contribution in [0.15, 0.2) is 69.7 Å². The maximum absolute atomic E-state index is 15.6. The van der Waals surface area contributed by atoms with E-state index < -0.39 is 74.3 Å². The van der Waals surface area contributed by atoms with Crippen LogP contribution in [0.1, 0.15) is 153 Å². The number of fused-ring (bicyclic) bond motifs is 1. The Kier molecular flexibility index (Phi) is 22.5. The molecule has 5 aliphatic rings. The van der Waals surface area contributed by atoms with Crippen molar-refractivity contribution >= 4 is 49.1 Å². The Labute approximate surface area is 477 Å². The van der Waals surface area contributed by atoms with Crippen LogP contribution in [-0.2, 0) is 42.4 Å². The molecule has 0 bridgehead atoms. The van der Waals surface area contributed by atoms with Gasteiger partial charge in [0.1, 0.15) is 12.2 Å². The normalized spacial score (nSPS) is 34.8. The van der Waals surface area contributed by atoms with Gasteiger partial charge in [0.2, 0.25) is 0 Å². The zero-order valence-corrected chi connectivity index (χ0v) is 54.4. The predicted octanol–water partition coefficient (Wildman–Crippen LogP) is 13.7. The van der Waals surface area contributed by atoms with Crippen molar-refractivity contribution in [1.29, 1.82) is 0 Å². The molecule has 5 aliphatic heterocycles. The lowest BCUT2D eigenvalue weighted by Crippen LogP contribution is -2.68. The van der Waals surface area contributed by atoms with Crippen molar-refractivity contribution in [2.45, 2.75) is 279 Å². The Bertz CT molecular complexity index is 2180. The van der Waals surface area contributed by atoms with Crippen molar-refractivity contribution in [3.05, 3.63) is 64.8 Å². The summed E-state index contributed by atoms with van der Waals surface area (Å²) in [5, 5.41) is 21.2. The number of ether oxygens (including phenoxy) is 5. The Morgan fingerprint density at radius 2 is 1.45 bits per heavy atom. The van der Waals surface area contributed by atoms with Crippen LogP contribution in [0.2, 0.25) is 36.3 Å². The second kappa shape index (κ2) is 26.6. The Morgan fingerprint density at radius 1 is 0.816 bits per heavy atom. The summed E-state index contributed by atoms with van der Waals surface area (Å²) in [5.74, 6) is -0.171. The Balaban J connectivity index is 1.34. The van der Waals surface area contributed by atoms with Crippen molar-refractivity contribution in [1.82, 2.24) is 0 Å². The highest BCUT2D eigenvalue weighted by Gasteiger charge is 2.58. The van der Waals surface area contributed by atoms with Crippen molar-refractivity contribution in [2.24, 2.45) is 29.6 Å². The van der Waals surface area contributed by atoms with Crippen molar-refractivity contribution in [3.8, 4) is 0 Å². The third kappa shape index (κ3) is 15.2. The third-order valence-corrected chi connectivity index (χ3v) is 31.0. The van der Waals surface area contributed by atoms with Gasteiger partial charge in [-0.2, -0.15) is 0 Å². The van der Waals surface area contributed by atoms with Crippen molar-refractivity contribution in [3.63, 3.8) is 0 Å². The average molecular weight is 1230 g/mol. The first-order chi connectivity index (χ1) is 35.4. The summed E-state index contributed by atoms with van der Waals surface area (Å²) in [6, 6.07) is 8.68. The molecule has 2 N–H and O–H groups in total. The van der Waals surface area contributed by atoms with Gasteiger partial charge in [0.25, 0.3) is 0 Å². The van der Waals surface area contributed by atoms with Gasteiger partial charge >= 0.3 is 0 Å². The van der Waals surface area contributed by atoms with Gasteiger partial charge in [-0.1, -0.05) is 143 Å². The highest BCUT2D eigenvalue weighted by Crippen LogP contribution is 2.50. The smallest absolute Gasteiger partial charge is 0.192 e. The first-order valence-corrected chi connectivity index (χ1v) is 37.9. The largest absolute Gasteiger partial charge is 0.409 e. The molecule has 1 aromatic carbocycles. The lowest BCUT2D eigenvalue weighted by Gasteiger charge is -2.55. The van der Waals surface area contributed by atoms with Crippen LogP contribution in [0.3, 0.4) is 0 Å². The number of aliphatic hydroxyl groups is 2. The SMILES string of the molecule is C=C1C[C@H](CCCO)OC1CC[C@H]1C[C@@H](C)C(=C)C(C[C@@H]2O[C@H](C[C@H](C)CC)[C@H](C)C2[C@H](C(O)C[C@H]2CC[C@@H]3O[C@@H]([C@@H](C)/C=C/I)[C@@H](O[Si](C)(C)C(C)(C)C)[C@@H](O[Si](C)(C)C(C)(C)C)[C@H]3O2)S(=O)(=O)c2ccccc2)O1. The van der Waals surface area contributed by atoms with Crippen LogP contribution in [0.25, 0.3) is 0 Å². The first kappa shape index (κ1) is 64.4. The molecular formula is C61H103IO11SSi2. The number of halogens is 1. The minimum atomic E-state index is -4.16. The fraction of sp³-hybridized carbons (Fsp3) is 0.803. The third-order valence-electron chi connectivity index (χ3n) is 19.4. The monoisotopic (exact) mass is 1230 g/mol. The van der Waals surface area contributed by atoms with E-state index in [0.717, 1.165) is 56.1 Å². The molecule has 5 fully saturated rings. The average Bonchev–Trinajstić information content (AvgIpc) is 3.84. The van der Waals surface area contributed by atoms with Crippen LogP contribution in [0.5, 0.6) is 0 Å². The molecule has 4 unspecified atom stereocenters. The van der Waals surface area contributed by atoms with Gasteiger partial charge in [0.05, 0.1) is 77.3 Å². The topological polar surface area (TPSA) is 139 Å². The molecule has 0 amide bonds. The molecule has 0 spiro atoms. The fourth-order valence-electron chi connectivity index (χ4n) is 12.3. The van der Waals surface area contributed by atoms with Gasteiger partial charge in [-0.15, -0.1) is 0 Å². The van der Waals surface area contributed by atoms with Gasteiger partial charge < -0.3 is 42.7 Å². The van der Waals surface area contributed by atoms with Gasteiger partial charge in [0, 0.05) is 31.3 Å². The summed E-state index contributed by atoms with van der Waals surface area (Å²) in [5.41, 5.74) is 2.10. The van der Waals surface area contributed by atoms with Crippen LogP contribution in [0, 0.1) is 29.6 Å². The second-order valence-corrected chi connectivity index (χ2v) is 39.4. The van der Waals surface area contributed by atoms with Crippen molar-refractivity contribution < 1.29 is 51.2 Å². The lowest BCUT2D eigenvalue weighted by molar-refractivity contribution is -0.264.